The average Bonchev–Trinajstić information content (AvgIpc) is 3.42. The van der Waals surface area contributed by atoms with Gasteiger partial charge in [-0.05, 0) is 47.9 Å². The molecule has 1 saturated heterocycles. The van der Waals surface area contributed by atoms with Gasteiger partial charge < -0.3 is 20.1 Å². The molecule has 2 atom stereocenters. The Bertz CT molecular complexity index is 1040. The molecule has 0 spiro atoms. The van der Waals surface area contributed by atoms with E-state index in [-0.39, 0.29) is 18.4 Å². The molecule has 34 heavy (non-hydrogen) atoms. The van der Waals surface area contributed by atoms with Crippen LogP contribution < -0.4 is 5.32 Å². The first-order chi connectivity index (χ1) is 16.4. The van der Waals surface area contributed by atoms with Gasteiger partial charge in [-0.1, -0.05) is 68.8 Å². The predicted octanol–water partition coefficient (Wildman–Crippen LogP) is 4.55. The van der Waals surface area contributed by atoms with Crippen LogP contribution in [-0.2, 0) is 14.3 Å². The number of carboxylic acid groups (broad SMARTS) is 1. The minimum atomic E-state index is -1.20. The zero-order valence-electron chi connectivity index (χ0n) is 19.8. The van der Waals surface area contributed by atoms with Crippen LogP contribution in [0.25, 0.3) is 11.1 Å². The average molecular weight is 465 g/mol. The molecule has 0 bridgehead atoms. The Morgan fingerprint density at radius 2 is 1.71 bits per heavy atom. The number of carbonyl (C=O) groups excluding carboxylic acids is 2. The van der Waals surface area contributed by atoms with Crippen LogP contribution in [0.1, 0.15) is 63.0 Å². The van der Waals surface area contributed by atoms with E-state index in [1.54, 1.807) is 6.92 Å². The number of aliphatic carboxylic acids is 1. The molecule has 2 unspecified atom stereocenters. The fourth-order valence-corrected chi connectivity index (χ4v) is 5.46. The highest BCUT2D eigenvalue weighted by Crippen LogP contribution is 2.44. The third-order valence-electron chi connectivity index (χ3n) is 7.25. The third kappa shape index (κ3) is 4.15. The van der Waals surface area contributed by atoms with Gasteiger partial charge in [0.25, 0.3) is 0 Å². The molecule has 7 nitrogen and oxygen atoms in total. The predicted molar refractivity (Wildman–Crippen MR) is 129 cm³/mol. The topological polar surface area (TPSA) is 95.9 Å². The zero-order valence-corrected chi connectivity index (χ0v) is 19.8. The maximum Gasteiger partial charge on any atom is 0.407 e. The number of hydrogen-bond donors (Lipinski definition) is 2. The summed E-state index contributed by atoms with van der Waals surface area (Å²) in [5.74, 6) is -1.41. The Kier molecular flexibility index (Phi) is 6.91. The van der Waals surface area contributed by atoms with E-state index in [1.165, 1.54) is 4.90 Å². The van der Waals surface area contributed by atoms with Crippen LogP contribution in [0.15, 0.2) is 48.5 Å². The minimum absolute atomic E-state index is 0.0724. The second-order valence-corrected chi connectivity index (χ2v) is 9.09. The molecular formula is C27H32N2O5. The molecule has 2 amide bonds. The summed E-state index contributed by atoms with van der Waals surface area (Å²) in [6.45, 7) is 4.25. The molecule has 0 aromatic heterocycles. The summed E-state index contributed by atoms with van der Waals surface area (Å²) in [7, 11) is 0. The smallest absolute Gasteiger partial charge is 0.407 e. The van der Waals surface area contributed by atoms with E-state index in [1.807, 2.05) is 43.3 Å². The van der Waals surface area contributed by atoms with Crippen LogP contribution in [0, 0.1) is 0 Å². The molecule has 2 aromatic carbocycles. The summed E-state index contributed by atoms with van der Waals surface area (Å²) >= 11 is 0. The van der Waals surface area contributed by atoms with Gasteiger partial charge in [0.05, 0.1) is 0 Å². The Morgan fingerprint density at radius 3 is 2.26 bits per heavy atom. The molecule has 1 aliphatic heterocycles. The maximum atomic E-state index is 13.3. The quantitative estimate of drug-likeness (QED) is 0.598. The number of amides is 2. The number of carboxylic acids is 1. The van der Waals surface area contributed by atoms with Gasteiger partial charge in [-0.15, -0.1) is 0 Å². The van der Waals surface area contributed by atoms with E-state index in [0.717, 1.165) is 22.3 Å². The van der Waals surface area contributed by atoms with Gasteiger partial charge in [0.15, 0.2) is 0 Å². The largest absolute Gasteiger partial charge is 0.479 e. The zero-order chi connectivity index (χ0) is 24.3. The van der Waals surface area contributed by atoms with Crippen LogP contribution in [0.5, 0.6) is 0 Å². The summed E-state index contributed by atoms with van der Waals surface area (Å²) in [5, 5.41) is 12.6. The molecule has 1 fully saturated rings. The molecule has 0 radical (unpaired) electrons. The van der Waals surface area contributed by atoms with Gasteiger partial charge >= 0.3 is 12.1 Å². The first kappa shape index (κ1) is 23.8. The van der Waals surface area contributed by atoms with Gasteiger partial charge in [-0.3, -0.25) is 4.79 Å². The monoisotopic (exact) mass is 464 g/mol. The van der Waals surface area contributed by atoms with Crippen molar-refractivity contribution in [2.75, 3.05) is 13.2 Å². The van der Waals surface area contributed by atoms with Gasteiger partial charge in [0.2, 0.25) is 5.91 Å². The van der Waals surface area contributed by atoms with Crippen molar-refractivity contribution in [2.24, 2.45) is 0 Å². The molecule has 180 valence electrons. The number of nitrogens with zero attached hydrogens (tertiary/aromatic N) is 1. The summed E-state index contributed by atoms with van der Waals surface area (Å²) in [4.78, 5) is 39.6. The molecule has 1 aliphatic carbocycles. The van der Waals surface area contributed by atoms with E-state index in [0.29, 0.717) is 38.6 Å². The number of rotatable bonds is 8. The Hall–Kier alpha value is -3.35. The van der Waals surface area contributed by atoms with Crippen molar-refractivity contribution >= 4 is 18.0 Å². The SMILES string of the molecule is CCCC(NC(=O)OCC1c2ccccc2-c2ccccc21)C(=O)N1CCCC1(CC)C(=O)O. The van der Waals surface area contributed by atoms with Gasteiger partial charge in [0, 0.05) is 12.5 Å². The third-order valence-corrected chi connectivity index (χ3v) is 7.25. The van der Waals surface area contributed by atoms with Crippen molar-refractivity contribution in [3.8, 4) is 11.1 Å². The number of benzene rings is 2. The molecule has 7 heteroatoms. The number of likely N-dealkylation sites (tertiary alicyclic amines) is 1. The first-order valence-electron chi connectivity index (χ1n) is 12.1. The number of nitrogens with one attached hydrogen (secondary N) is 1. The van der Waals surface area contributed by atoms with E-state index in [2.05, 4.69) is 17.4 Å². The molecule has 2 N–H and O–H groups in total. The number of alkyl carbamates (subject to hydrolysis) is 1. The summed E-state index contributed by atoms with van der Waals surface area (Å²) in [6.07, 6.45) is 1.81. The lowest BCUT2D eigenvalue weighted by Crippen LogP contribution is -2.58. The van der Waals surface area contributed by atoms with E-state index < -0.39 is 23.6 Å². The van der Waals surface area contributed by atoms with Crippen molar-refractivity contribution in [1.82, 2.24) is 10.2 Å². The fraction of sp³-hybridized carbons (Fsp3) is 0.444. The molecule has 1 heterocycles. The van der Waals surface area contributed by atoms with Crippen molar-refractivity contribution in [3.05, 3.63) is 59.7 Å². The number of carbonyl (C=O) groups is 3. The highest BCUT2D eigenvalue weighted by molar-refractivity contribution is 5.92. The summed E-state index contributed by atoms with van der Waals surface area (Å²) in [6, 6.07) is 15.4. The minimum Gasteiger partial charge on any atom is -0.479 e. The Labute approximate surface area is 200 Å². The highest BCUT2D eigenvalue weighted by atomic mass is 16.5. The first-order valence-corrected chi connectivity index (χ1v) is 12.1. The van der Waals surface area contributed by atoms with E-state index in [9.17, 15) is 19.5 Å². The van der Waals surface area contributed by atoms with Crippen LogP contribution >= 0.6 is 0 Å². The molecular weight excluding hydrogens is 432 g/mol. The van der Waals surface area contributed by atoms with E-state index in [4.69, 9.17) is 4.74 Å². The molecule has 4 rings (SSSR count). The molecule has 2 aliphatic rings. The Morgan fingerprint density at radius 1 is 1.09 bits per heavy atom. The van der Waals surface area contributed by atoms with Crippen molar-refractivity contribution < 1.29 is 24.2 Å². The van der Waals surface area contributed by atoms with Crippen LogP contribution in [-0.4, -0.2) is 52.7 Å². The highest BCUT2D eigenvalue weighted by Gasteiger charge is 2.49. The Balaban J connectivity index is 1.45. The maximum absolute atomic E-state index is 13.3. The molecule has 2 aromatic rings. The van der Waals surface area contributed by atoms with Crippen molar-refractivity contribution in [3.63, 3.8) is 0 Å². The van der Waals surface area contributed by atoms with Gasteiger partial charge in [-0.2, -0.15) is 0 Å². The summed E-state index contributed by atoms with van der Waals surface area (Å²) < 4.78 is 5.62. The van der Waals surface area contributed by atoms with Gasteiger partial charge in [-0.25, -0.2) is 9.59 Å². The summed E-state index contributed by atoms with van der Waals surface area (Å²) in [5.41, 5.74) is 3.31. The normalized spacial score (nSPS) is 19.9. The molecule has 0 saturated carbocycles. The number of hydrogen-bond acceptors (Lipinski definition) is 4. The fourth-order valence-electron chi connectivity index (χ4n) is 5.46. The standard InChI is InChI=1S/C27H32N2O5/c1-3-10-23(24(30)29-16-9-15-27(29,4-2)25(31)32)28-26(33)34-17-22-20-13-7-5-11-18(20)19-12-6-8-14-21(19)22/h5-8,11-14,22-23H,3-4,9-10,15-17H2,1-2H3,(H,28,33)(H,31,32). The second kappa shape index (κ2) is 9.87. The van der Waals surface area contributed by atoms with Crippen LogP contribution in [0.4, 0.5) is 4.79 Å². The van der Waals surface area contributed by atoms with Gasteiger partial charge in [0.1, 0.15) is 18.2 Å². The van der Waals surface area contributed by atoms with Crippen molar-refractivity contribution in [2.45, 2.75) is 63.5 Å². The lowest BCUT2D eigenvalue weighted by molar-refractivity contribution is -0.157. The lowest BCUT2D eigenvalue weighted by Gasteiger charge is -2.36. The van der Waals surface area contributed by atoms with E-state index >= 15 is 0 Å². The second-order valence-electron chi connectivity index (χ2n) is 9.09. The number of fused-ring (bicyclic) bond motifs is 3. The number of ether oxygens (including phenoxy) is 1. The van der Waals surface area contributed by atoms with Crippen LogP contribution in [0.3, 0.4) is 0 Å². The lowest BCUT2D eigenvalue weighted by atomic mass is 9.92. The van der Waals surface area contributed by atoms with Crippen molar-refractivity contribution in [1.29, 1.82) is 0 Å². The van der Waals surface area contributed by atoms with Crippen LogP contribution in [0.2, 0.25) is 0 Å².